The van der Waals surface area contributed by atoms with Crippen LogP contribution >= 0.6 is 23.2 Å². The van der Waals surface area contributed by atoms with Gasteiger partial charge in [0.2, 0.25) is 0 Å². The molecule has 1 aromatic heterocycles. The Hall–Kier alpha value is -1.85. The normalized spacial score (nSPS) is 11.8. The fraction of sp³-hybridized carbons (Fsp3) is 0.188. The summed E-state index contributed by atoms with van der Waals surface area (Å²) in [4.78, 5) is 15.9. The average molecular weight is 356 g/mol. The van der Waals surface area contributed by atoms with Crippen molar-refractivity contribution in [3.05, 3.63) is 65.0 Å². The van der Waals surface area contributed by atoms with Crippen LogP contribution in [0.2, 0.25) is 10.2 Å². The third-order valence-electron chi connectivity index (χ3n) is 3.02. The highest BCUT2D eigenvalue weighted by Gasteiger charge is 2.16. The zero-order valence-electron chi connectivity index (χ0n) is 12.1. The lowest BCUT2D eigenvalue weighted by atomic mass is 10.1. The van der Waals surface area contributed by atoms with Crippen LogP contribution in [-0.4, -0.2) is 23.5 Å². The van der Waals surface area contributed by atoms with E-state index in [9.17, 15) is 9.18 Å². The highest BCUT2D eigenvalue weighted by atomic mass is 35.5. The van der Waals surface area contributed by atoms with E-state index in [1.54, 1.807) is 6.07 Å². The van der Waals surface area contributed by atoms with Crippen molar-refractivity contribution in [1.82, 2.24) is 10.3 Å². The van der Waals surface area contributed by atoms with Gasteiger partial charge in [-0.15, -0.1) is 0 Å². The summed E-state index contributed by atoms with van der Waals surface area (Å²) in [5, 5.41) is 3.12. The fourth-order valence-electron chi connectivity index (χ4n) is 1.79. The van der Waals surface area contributed by atoms with Crippen LogP contribution in [-0.2, 0) is 0 Å². The van der Waals surface area contributed by atoms with Gasteiger partial charge in [0.1, 0.15) is 23.3 Å². The molecule has 1 unspecified atom stereocenters. The summed E-state index contributed by atoms with van der Waals surface area (Å²) in [6.45, 7) is 3.89. The molecule has 0 saturated heterocycles. The Morgan fingerprint density at radius 1 is 1.39 bits per heavy atom. The van der Waals surface area contributed by atoms with Crippen LogP contribution in [0.15, 0.2) is 36.5 Å². The molecular weight excluding hydrogens is 342 g/mol. The van der Waals surface area contributed by atoms with Gasteiger partial charge in [-0.25, -0.2) is 9.37 Å². The predicted octanol–water partition coefficient (Wildman–Crippen LogP) is 3.93. The van der Waals surface area contributed by atoms with Crippen molar-refractivity contribution in [2.24, 2.45) is 0 Å². The summed E-state index contributed by atoms with van der Waals surface area (Å²) in [6.07, 6.45) is 1.79. The van der Waals surface area contributed by atoms with Gasteiger partial charge in [-0.3, -0.25) is 4.79 Å². The van der Waals surface area contributed by atoms with Gasteiger partial charge in [0.05, 0.1) is 22.8 Å². The second kappa shape index (κ2) is 8.13. The number of pyridine rings is 1. The first-order chi connectivity index (χ1) is 11.0. The quantitative estimate of drug-likeness (QED) is 0.798. The fourth-order valence-corrected chi connectivity index (χ4v) is 2.04. The Morgan fingerprint density at radius 2 is 2.13 bits per heavy atom. The lowest BCUT2D eigenvalue weighted by Gasteiger charge is -2.18. The zero-order chi connectivity index (χ0) is 16.8. The van der Waals surface area contributed by atoms with Crippen molar-refractivity contribution in [2.45, 2.75) is 12.5 Å². The van der Waals surface area contributed by atoms with Gasteiger partial charge < -0.3 is 10.1 Å². The first-order valence-electron chi connectivity index (χ1n) is 6.79. The van der Waals surface area contributed by atoms with E-state index in [-0.39, 0.29) is 22.3 Å². The molecule has 0 bridgehead atoms. The maximum absolute atomic E-state index is 13.6. The molecule has 7 heteroatoms. The maximum Gasteiger partial charge on any atom is 0.254 e. The number of halogens is 3. The first kappa shape index (κ1) is 17.5. The molecule has 0 spiro atoms. The number of nitrogens with zero attached hydrogens (tertiary/aromatic N) is 1. The number of carbonyl (C=O) groups excluding carboxylic acids is 1. The molecule has 23 heavy (non-hydrogen) atoms. The number of hydrogen-bond acceptors (Lipinski definition) is 3. The monoisotopic (exact) mass is 355 g/mol. The van der Waals surface area contributed by atoms with Gasteiger partial charge in [0.15, 0.2) is 0 Å². The lowest BCUT2D eigenvalue weighted by Crippen LogP contribution is -2.39. The largest absolute Gasteiger partial charge is 0.490 e. The van der Waals surface area contributed by atoms with Crippen LogP contribution in [0.5, 0.6) is 5.75 Å². The summed E-state index contributed by atoms with van der Waals surface area (Å²) in [6, 6.07) is 6.88. The van der Waals surface area contributed by atoms with Crippen molar-refractivity contribution in [2.75, 3.05) is 6.61 Å². The van der Waals surface area contributed by atoms with E-state index in [2.05, 4.69) is 17.2 Å². The molecule has 121 valence electrons. The van der Waals surface area contributed by atoms with Gasteiger partial charge in [0.25, 0.3) is 5.91 Å². The van der Waals surface area contributed by atoms with E-state index in [0.717, 1.165) is 0 Å². The minimum absolute atomic E-state index is 0.0258. The highest BCUT2D eigenvalue weighted by molar-refractivity contribution is 6.41. The summed E-state index contributed by atoms with van der Waals surface area (Å²) in [5.74, 6) is -0.687. The molecule has 1 aromatic carbocycles. The van der Waals surface area contributed by atoms with E-state index < -0.39 is 17.8 Å². The molecule has 1 atom stereocenters. The Morgan fingerprint density at radius 3 is 2.78 bits per heavy atom. The smallest absolute Gasteiger partial charge is 0.254 e. The van der Waals surface area contributed by atoms with E-state index in [4.69, 9.17) is 27.9 Å². The van der Waals surface area contributed by atoms with Crippen LogP contribution in [0.25, 0.3) is 0 Å². The van der Waals surface area contributed by atoms with E-state index in [1.807, 2.05) is 0 Å². The molecular formula is C16H14Cl2FN2O2. The minimum Gasteiger partial charge on any atom is -0.490 e. The van der Waals surface area contributed by atoms with Crippen molar-refractivity contribution < 1.29 is 13.9 Å². The number of amides is 1. The Balaban J connectivity index is 1.96. The summed E-state index contributed by atoms with van der Waals surface area (Å²) < 4.78 is 19.1. The third-order valence-corrected chi connectivity index (χ3v) is 3.71. The van der Waals surface area contributed by atoms with Crippen molar-refractivity contribution in [3.63, 3.8) is 0 Å². The van der Waals surface area contributed by atoms with Gasteiger partial charge >= 0.3 is 0 Å². The summed E-state index contributed by atoms with van der Waals surface area (Å²) >= 11 is 11.6. The molecule has 2 rings (SSSR count). The average Bonchev–Trinajstić information content (AvgIpc) is 2.54. The van der Waals surface area contributed by atoms with E-state index in [1.165, 1.54) is 30.5 Å². The predicted molar refractivity (Wildman–Crippen MR) is 87.4 cm³/mol. The molecule has 0 aliphatic rings. The van der Waals surface area contributed by atoms with Gasteiger partial charge in [-0.2, -0.15) is 0 Å². The van der Waals surface area contributed by atoms with Crippen LogP contribution in [0.3, 0.4) is 0 Å². The number of nitrogens with one attached hydrogen (secondary N) is 1. The molecule has 2 aromatic rings. The number of rotatable bonds is 6. The van der Waals surface area contributed by atoms with Crippen LogP contribution < -0.4 is 10.1 Å². The number of aromatic nitrogens is 1. The standard InChI is InChI=1S/C16H14Cl2FN2O2/c1-2-10(9-23-11-7-13(17)15(18)20-8-11)21-16(22)12-5-3-4-6-14(12)19/h3-8,10H,1-2,9H2,(H,21,22). The molecule has 0 aliphatic carbocycles. The second-order valence-corrected chi connectivity index (χ2v) is 5.46. The van der Waals surface area contributed by atoms with E-state index >= 15 is 0 Å². The SMILES string of the molecule is [CH2]CC(COc1cnc(Cl)c(Cl)c1)NC(=O)c1ccccc1F. The molecule has 1 radical (unpaired) electrons. The molecule has 4 nitrogen and oxygen atoms in total. The van der Waals surface area contributed by atoms with Crippen molar-refractivity contribution in [1.29, 1.82) is 0 Å². The van der Waals surface area contributed by atoms with Gasteiger partial charge in [-0.05, 0) is 18.6 Å². The summed E-state index contributed by atoms with van der Waals surface area (Å²) in [7, 11) is 0. The second-order valence-electron chi connectivity index (χ2n) is 4.69. The number of hydrogen-bond donors (Lipinski definition) is 1. The van der Waals surface area contributed by atoms with Crippen molar-refractivity contribution in [3.8, 4) is 5.75 Å². The molecule has 1 heterocycles. The number of benzene rings is 1. The number of ether oxygens (including phenoxy) is 1. The van der Waals surface area contributed by atoms with Crippen LogP contribution in [0, 0.1) is 12.7 Å². The first-order valence-corrected chi connectivity index (χ1v) is 7.55. The molecule has 0 saturated carbocycles. The zero-order valence-corrected chi connectivity index (χ0v) is 13.6. The maximum atomic E-state index is 13.6. The molecule has 0 aliphatic heterocycles. The lowest BCUT2D eigenvalue weighted by molar-refractivity contribution is 0.0918. The molecule has 1 N–H and O–H groups in total. The van der Waals surface area contributed by atoms with Gasteiger partial charge in [-0.1, -0.05) is 42.3 Å². The van der Waals surface area contributed by atoms with Crippen molar-refractivity contribution >= 4 is 29.1 Å². The van der Waals surface area contributed by atoms with Crippen LogP contribution in [0.4, 0.5) is 4.39 Å². The topological polar surface area (TPSA) is 51.2 Å². The molecule has 0 fully saturated rings. The Kier molecular flexibility index (Phi) is 6.19. The molecule has 1 amide bonds. The summed E-state index contributed by atoms with van der Waals surface area (Å²) in [5.41, 5.74) is -0.0258. The number of carbonyl (C=O) groups is 1. The minimum atomic E-state index is -0.581. The third kappa shape index (κ3) is 4.81. The highest BCUT2D eigenvalue weighted by Crippen LogP contribution is 2.23. The van der Waals surface area contributed by atoms with E-state index in [0.29, 0.717) is 12.2 Å². The van der Waals surface area contributed by atoms with Crippen LogP contribution in [0.1, 0.15) is 16.8 Å². The Labute approximate surface area is 143 Å². The van der Waals surface area contributed by atoms with Gasteiger partial charge in [0, 0.05) is 6.07 Å². The Bertz CT molecular complexity index is 698.